The van der Waals surface area contributed by atoms with Gasteiger partial charge in [-0.15, -0.1) is 0 Å². The van der Waals surface area contributed by atoms with Crippen LogP contribution in [-0.4, -0.2) is 27.6 Å². The van der Waals surface area contributed by atoms with Gasteiger partial charge in [-0.1, -0.05) is 13.8 Å². The Hall–Kier alpha value is -1.78. The molecule has 1 heterocycles. The van der Waals surface area contributed by atoms with Gasteiger partial charge in [0.2, 0.25) is 0 Å². The van der Waals surface area contributed by atoms with Crippen molar-refractivity contribution in [3.8, 4) is 0 Å². The molecule has 2 N–H and O–H groups in total. The molecule has 2 rings (SSSR count). The summed E-state index contributed by atoms with van der Waals surface area (Å²) in [4.78, 5) is 23.0. The number of hydrogen-bond donors (Lipinski definition) is 2. The van der Waals surface area contributed by atoms with Crippen LogP contribution in [0.5, 0.6) is 0 Å². The van der Waals surface area contributed by atoms with Gasteiger partial charge in [-0.05, 0) is 43.2 Å². The van der Waals surface area contributed by atoms with Crippen molar-refractivity contribution < 1.29 is 14.7 Å². The second-order valence-electron chi connectivity index (χ2n) is 6.00. The molecule has 1 saturated carbocycles. The zero-order valence-corrected chi connectivity index (χ0v) is 12.0. The van der Waals surface area contributed by atoms with E-state index in [0.717, 1.165) is 12.8 Å². The monoisotopic (exact) mass is 278 g/mol. The van der Waals surface area contributed by atoms with Crippen LogP contribution in [0, 0.1) is 11.8 Å². The number of hydrogen-bond acceptors (Lipinski definition) is 2. The molecule has 0 spiro atoms. The van der Waals surface area contributed by atoms with Gasteiger partial charge in [0, 0.05) is 12.2 Å². The smallest absolute Gasteiger partial charge is 0.323 e. The molecule has 1 aliphatic rings. The van der Waals surface area contributed by atoms with E-state index in [-0.39, 0.29) is 18.5 Å². The van der Waals surface area contributed by atoms with Crippen molar-refractivity contribution in [2.45, 2.75) is 45.7 Å². The van der Waals surface area contributed by atoms with Gasteiger partial charge < -0.3 is 15.0 Å². The summed E-state index contributed by atoms with van der Waals surface area (Å²) in [7, 11) is 0. The molecule has 1 aliphatic carbocycles. The summed E-state index contributed by atoms with van der Waals surface area (Å²) in [6.45, 7) is 4.23. The van der Waals surface area contributed by atoms with Crippen molar-refractivity contribution in [2.75, 3.05) is 0 Å². The number of carboxylic acids is 1. The van der Waals surface area contributed by atoms with Crippen LogP contribution in [0.3, 0.4) is 0 Å². The lowest BCUT2D eigenvalue weighted by Crippen LogP contribution is -2.40. The molecule has 2 unspecified atom stereocenters. The van der Waals surface area contributed by atoms with E-state index < -0.39 is 5.97 Å². The SMILES string of the molecule is CC1CC(C)CC(NC(=O)c2cccn2CC(=O)O)C1. The van der Waals surface area contributed by atoms with Crippen molar-refractivity contribution in [3.63, 3.8) is 0 Å². The minimum Gasteiger partial charge on any atom is -0.480 e. The van der Waals surface area contributed by atoms with Crippen LogP contribution in [0.1, 0.15) is 43.6 Å². The number of aliphatic carboxylic acids is 1. The fraction of sp³-hybridized carbons (Fsp3) is 0.600. The molecule has 110 valence electrons. The molecule has 0 bridgehead atoms. The minimum absolute atomic E-state index is 0.178. The summed E-state index contributed by atoms with van der Waals surface area (Å²) in [5.74, 6) is 0.113. The third kappa shape index (κ3) is 3.62. The molecule has 1 aromatic heterocycles. The summed E-state index contributed by atoms with van der Waals surface area (Å²) in [6, 6.07) is 3.55. The van der Waals surface area contributed by atoms with Crippen LogP contribution >= 0.6 is 0 Å². The molecular formula is C15H22N2O3. The van der Waals surface area contributed by atoms with Gasteiger partial charge >= 0.3 is 5.97 Å². The average molecular weight is 278 g/mol. The predicted molar refractivity (Wildman–Crippen MR) is 75.5 cm³/mol. The fourth-order valence-corrected chi connectivity index (χ4v) is 3.23. The second kappa shape index (κ2) is 6.11. The summed E-state index contributed by atoms with van der Waals surface area (Å²) in [6.07, 6.45) is 4.82. The van der Waals surface area contributed by atoms with Gasteiger partial charge in [0.25, 0.3) is 5.91 Å². The molecule has 5 nitrogen and oxygen atoms in total. The van der Waals surface area contributed by atoms with E-state index in [0.29, 0.717) is 17.5 Å². The predicted octanol–water partition coefficient (Wildman–Crippen LogP) is 2.13. The van der Waals surface area contributed by atoms with Crippen LogP contribution in [0.25, 0.3) is 0 Å². The molecule has 0 aliphatic heterocycles. The molecule has 0 saturated heterocycles. The van der Waals surface area contributed by atoms with E-state index in [9.17, 15) is 9.59 Å². The Labute approximate surface area is 119 Å². The minimum atomic E-state index is -0.949. The van der Waals surface area contributed by atoms with E-state index >= 15 is 0 Å². The van der Waals surface area contributed by atoms with Gasteiger partial charge in [0.1, 0.15) is 12.2 Å². The summed E-state index contributed by atoms with van der Waals surface area (Å²) < 4.78 is 1.47. The fourth-order valence-electron chi connectivity index (χ4n) is 3.23. The topological polar surface area (TPSA) is 71.3 Å². The van der Waals surface area contributed by atoms with Gasteiger partial charge in [0.05, 0.1) is 0 Å². The van der Waals surface area contributed by atoms with Crippen LogP contribution in [-0.2, 0) is 11.3 Å². The number of amides is 1. The lowest BCUT2D eigenvalue weighted by Gasteiger charge is -2.32. The van der Waals surface area contributed by atoms with Crippen molar-refractivity contribution in [3.05, 3.63) is 24.0 Å². The highest BCUT2D eigenvalue weighted by Gasteiger charge is 2.26. The molecule has 1 fully saturated rings. The van der Waals surface area contributed by atoms with Gasteiger partial charge in [-0.3, -0.25) is 9.59 Å². The third-order valence-corrected chi connectivity index (χ3v) is 3.88. The van der Waals surface area contributed by atoms with E-state index in [1.54, 1.807) is 18.3 Å². The third-order valence-electron chi connectivity index (χ3n) is 3.88. The number of nitrogens with zero attached hydrogens (tertiary/aromatic N) is 1. The van der Waals surface area contributed by atoms with E-state index in [1.165, 1.54) is 11.0 Å². The number of carboxylic acid groups (broad SMARTS) is 1. The zero-order chi connectivity index (χ0) is 14.7. The van der Waals surface area contributed by atoms with Crippen LogP contribution in [0.4, 0.5) is 0 Å². The summed E-state index contributed by atoms with van der Waals surface area (Å²) in [5.41, 5.74) is 0.415. The molecule has 5 heteroatoms. The highest BCUT2D eigenvalue weighted by Crippen LogP contribution is 2.28. The highest BCUT2D eigenvalue weighted by molar-refractivity contribution is 5.93. The lowest BCUT2D eigenvalue weighted by atomic mass is 9.80. The first-order valence-electron chi connectivity index (χ1n) is 7.13. The van der Waals surface area contributed by atoms with Crippen LogP contribution in [0.15, 0.2) is 18.3 Å². The normalized spacial score (nSPS) is 26.2. The Morgan fingerprint density at radius 3 is 2.55 bits per heavy atom. The van der Waals surface area contributed by atoms with Crippen LogP contribution < -0.4 is 5.32 Å². The van der Waals surface area contributed by atoms with E-state index in [1.807, 2.05) is 0 Å². The number of nitrogens with one attached hydrogen (secondary N) is 1. The Balaban J connectivity index is 2.01. The maximum Gasteiger partial charge on any atom is 0.323 e. The van der Waals surface area contributed by atoms with Gasteiger partial charge in [-0.2, -0.15) is 0 Å². The Kier molecular flexibility index (Phi) is 4.47. The molecule has 2 atom stereocenters. The van der Waals surface area contributed by atoms with Crippen molar-refractivity contribution in [1.82, 2.24) is 9.88 Å². The largest absolute Gasteiger partial charge is 0.480 e. The first-order chi connectivity index (χ1) is 9.45. The molecular weight excluding hydrogens is 256 g/mol. The highest BCUT2D eigenvalue weighted by atomic mass is 16.4. The maximum atomic E-state index is 12.3. The first-order valence-corrected chi connectivity index (χ1v) is 7.13. The van der Waals surface area contributed by atoms with Crippen molar-refractivity contribution in [2.24, 2.45) is 11.8 Å². The number of carbonyl (C=O) groups is 2. The Morgan fingerprint density at radius 1 is 1.30 bits per heavy atom. The quantitative estimate of drug-likeness (QED) is 0.886. The number of rotatable bonds is 4. The molecule has 1 aromatic rings. The standard InChI is InChI=1S/C15H22N2O3/c1-10-6-11(2)8-12(7-10)16-15(20)13-4-3-5-17(13)9-14(18)19/h3-5,10-12H,6-9H2,1-2H3,(H,16,20)(H,18,19). The van der Waals surface area contributed by atoms with Crippen LogP contribution in [0.2, 0.25) is 0 Å². The zero-order valence-electron chi connectivity index (χ0n) is 12.0. The molecule has 0 radical (unpaired) electrons. The van der Waals surface area contributed by atoms with Crippen molar-refractivity contribution >= 4 is 11.9 Å². The average Bonchev–Trinajstić information content (AvgIpc) is 2.74. The van der Waals surface area contributed by atoms with E-state index in [2.05, 4.69) is 19.2 Å². The van der Waals surface area contributed by atoms with E-state index in [4.69, 9.17) is 5.11 Å². The lowest BCUT2D eigenvalue weighted by molar-refractivity contribution is -0.137. The second-order valence-corrected chi connectivity index (χ2v) is 6.00. The molecule has 20 heavy (non-hydrogen) atoms. The van der Waals surface area contributed by atoms with Gasteiger partial charge in [-0.25, -0.2) is 0 Å². The molecule has 1 amide bonds. The Morgan fingerprint density at radius 2 is 1.95 bits per heavy atom. The molecule has 0 aromatic carbocycles. The summed E-state index contributed by atoms with van der Waals surface area (Å²) in [5, 5.41) is 11.9. The first kappa shape index (κ1) is 14.6. The van der Waals surface area contributed by atoms with Crippen molar-refractivity contribution in [1.29, 1.82) is 0 Å². The number of carbonyl (C=O) groups excluding carboxylic acids is 1. The summed E-state index contributed by atoms with van der Waals surface area (Å²) >= 11 is 0. The number of aromatic nitrogens is 1. The Bertz CT molecular complexity index is 485. The van der Waals surface area contributed by atoms with Gasteiger partial charge in [0.15, 0.2) is 0 Å². The maximum absolute atomic E-state index is 12.3.